The minimum Gasteiger partial charge on any atom is -0.380 e. The lowest BCUT2D eigenvalue weighted by atomic mass is 10.1. The Morgan fingerprint density at radius 2 is 2.12 bits per heavy atom. The van der Waals surface area contributed by atoms with Crippen LogP contribution in [0.3, 0.4) is 0 Å². The van der Waals surface area contributed by atoms with Crippen molar-refractivity contribution >= 4 is 9.84 Å². The molecule has 0 unspecified atom stereocenters. The second-order valence-corrected chi connectivity index (χ2v) is 6.03. The molecule has 0 aromatic heterocycles. The summed E-state index contributed by atoms with van der Waals surface area (Å²) in [4.78, 5) is 0. The topological polar surface area (TPSA) is 69.4 Å². The van der Waals surface area contributed by atoms with Crippen LogP contribution in [0.25, 0.3) is 0 Å². The molecular weight excluding hydrogens is 226 g/mol. The van der Waals surface area contributed by atoms with E-state index in [-0.39, 0.29) is 11.5 Å². The average molecular weight is 249 g/mol. The Morgan fingerprint density at radius 1 is 1.44 bits per heavy atom. The van der Waals surface area contributed by atoms with Crippen LogP contribution in [0, 0.1) is 0 Å². The van der Waals surface area contributed by atoms with Gasteiger partial charge in [-0.1, -0.05) is 13.0 Å². The first-order valence-electron chi connectivity index (χ1n) is 5.63. The Hall–Kier alpha value is -0.390. The Morgan fingerprint density at radius 3 is 2.62 bits per heavy atom. The molecule has 5 heteroatoms. The summed E-state index contributed by atoms with van der Waals surface area (Å²) in [6, 6.07) is 0. The first kappa shape index (κ1) is 15.6. The van der Waals surface area contributed by atoms with E-state index < -0.39 is 9.84 Å². The highest BCUT2D eigenvalue weighted by Crippen LogP contribution is 2.06. The van der Waals surface area contributed by atoms with Crippen molar-refractivity contribution in [2.45, 2.75) is 26.2 Å². The molecular formula is C11H23NO3S. The van der Waals surface area contributed by atoms with Crippen molar-refractivity contribution in [2.75, 3.05) is 31.8 Å². The first-order chi connectivity index (χ1) is 7.55. The Balaban J connectivity index is 4.31. The van der Waals surface area contributed by atoms with Gasteiger partial charge < -0.3 is 10.5 Å². The molecule has 0 aromatic rings. The van der Waals surface area contributed by atoms with E-state index in [1.807, 2.05) is 6.92 Å². The van der Waals surface area contributed by atoms with Crippen LogP contribution in [-0.4, -0.2) is 40.2 Å². The fourth-order valence-electron chi connectivity index (χ4n) is 1.39. The molecule has 96 valence electrons. The number of sulfone groups is 1. The molecule has 0 fully saturated rings. The minimum atomic E-state index is -2.93. The van der Waals surface area contributed by atoms with Gasteiger partial charge in [-0.25, -0.2) is 8.42 Å². The molecule has 0 radical (unpaired) electrons. The van der Waals surface area contributed by atoms with Gasteiger partial charge in [-0.2, -0.15) is 0 Å². The monoisotopic (exact) mass is 249 g/mol. The molecule has 0 amide bonds. The van der Waals surface area contributed by atoms with Crippen LogP contribution in [0.2, 0.25) is 0 Å². The Labute approximate surface area is 98.8 Å². The summed E-state index contributed by atoms with van der Waals surface area (Å²) < 4.78 is 28.0. The quantitative estimate of drug-likeness (QED) is 0.622. The van der Waals surface area contributed by atoms with E-state index in [0.717, 1.165) is 18.4 Å². The van der Waals surface area contributed by atoms with Gasteiger partial charge in [-0.15, -0.1) is 0 Å². The maximum atomic E-state index is 11.5. The molecule has 0 aliphatic heterocycles. The number of methoxy groups -OCH3 is 1. The van der Waals surface area contributed by atoms with Gasteiger partial charge in [0.2, 0.25) is 0 Å². The molecule has 0 rings (SSSR count). The van der Waals surface area contributed by atoms with E-state index in [2.05, 4.69) is 0 Å². The highest BCUT2D eigenvalue weighted by atomic mass is 32.2. The third kappa shape index (κ3) is 7.84. The molecule has 0 saturated heterocycles. The number of rotatable bonds is 9. The third-order valence-electron chi connectivity index (χ3n) is 2.17. The highest BCUT2D eigenvalue weighted by molar-refractivity contribution is 7.91. The predicted octanol–water partition coefficient (Wildman–Crippen LogP) is 1.12. The molecule has 0 spiro atoms. The number of ether oxygens (including phenoxy) is 1. The summed E-state index contributed by atoms with van der Waals surface area (Å²) in [6.45, 7) is 2.97. The van der Waals surface area contributed by atoms with Crippen molar-refractivity contribution in [3.8, 4) is 0 Å². The second-order valence-electron chi connectivity index (χ2n) is 3.80. The predicted molar refractivity (Wildman–Crippen MR) is 67.2 cm³/mol. The maximum Gasteiger partial charge on any atom is 0.153 e. The van der Waals surface area contributed by atoms with Crippen molar-refractivity contribution in [1.29, 1.82) is 0 Å². The molecule has 0 atom stereocenters. The summed E-state index contributed by atoms with van der Waals surface area (Å²) in [7, 11) is -1.33. The van der Waals surface area contributed by atoms with Crippen LogP contribution in [0.5, 0.6) is 0 Å². The van der Waals surface area contributed by atoms with Crippen LogP contribution in [-0.2, 0) is 14.6 Å². The number of hydrogen-bond acceptors (Lipinski definition) is 4. The highest BCUT2D eigenvalue weighted by Gasteiger charge is 2.07. The van der Waals surface area contributed by atoms with E-state index in [1.165, 1.54) is 0 Å². The molecule has 16 heavy (non-hydrogen) atoms. The van der Waals surface area contributed by atoms with Crippen molar-refractivity contribution in [1.82, 2.24) is 0 Å². The van der Waals surface area contributed by atoms with Crippen LogP contribution in [0.4, 0.5) is 0 Å². The van der Waals surface area contributed by atoms with Crippen LogP contribution >= 0.6 is 0 Å². The van der Waals surface area contributed by atoms with E-state index in [1.54, 1.807) is 13.2 Å². The third-order valence-corrected chi connectivity index (χ3v) is 3.88. The van der Waals surface area contributed by atoms with Crippen molar-refractivity contribution in [2.24, 2.45) is 5.73 Å². The van der Waals surface area contributed by atoms with Gasteiger partial charge in [0.1, 0.15) is 0 Å². The van der Waals surface area contributed by atoms with Gasteiger partial charge in [0.05, 0.1) is 18.1 Å². The zero-order chi connectivity index (χ0) is 12.4. The summed E-state index contributed by atoms with van der Waals surface area (Å²) in [5.41, 5.74) is 6.44. The summed E-state index contributed by atoms with van der Waals surface area (Å²) in [5, 5.41) is 0. The lowest BCUT2D eigenvalue weighted by molar-refractivity contribution is 0.222. The fraction of sp³-hybridized carbons (Fsp3) is 0.818. The lowest BCUT2D eigenvalue weighted by Gasteiger charge is -2.06. The smallest absolute Gasteiger partial charge is 0.153 e. The van der Waals surface area contributed by atoms with Crippen molar-refractivity contribution in [3.05, 3.63) is 11.6 Å². The lowest BCUT2D eigenvalue weighted by Crippen LogP contribution is -2.10. The largest absolute Gasteiger partial charge is 0.380 e. The van der Waals surface area contributed by atoms with Crippen LogP contribution in [0.1, 0.15) is 26.2 Å². The molecule has 0 saturated carbocycles. The van der Waals surface area contributed by atoms with Crippen LogP contribution < -0.4 is 5.73 Å². The van der Waals surface area contributed by atoms with E-state index >= 15 is 0 Å². The molecule has 0 aliphatic carbocycles. The van der Waals surface area contributed by atoms with Gasteiger partial charge in [-0.3, -0.25) is 0 Å². The second kappa shape index (κ2) is 8.73. The van der Waals surface area contributed by atoms with Gasteiger partial charge in [0.25, 0.3) is 0 Å². The summed E-state index contributed by atoms with van der Waals surface area (Å²) in [5.74, 6) is 0.366. The molecule has 0 aromatic carbocycles. The minimum absolute atomic E-state index is 0.115. The van der Waals surface area contributed by atoms with Crippen LogP contribution in [0.15, 0.2) is 11.6 Å². The van der Waals surface area contributed by atoms with E-state index in [9.17, 15) is 8.42 Å². The standard InChI is InChI=1S/C11H23NO3S/c1-3-8-16(13,14)9-6-11(10-15-2)5-4-7-12/h6H,3-5,7-10,12H2,1-2H3/b11-6-. The van der Waals surface area contributed by atoms with Crippen molar-refractivity contribution in [3.63, 3.8) is 0 Å². The SMILES string of the molecule is CCCS(=O)(=O)C/C=C(/CCCN)COC. The molecule has 0 bridgehead atoms. The number of nitrogens with two attached hydrogens (primary N) is 1. The maximum absolute atomic E-state index is 11.5. The molecule has 2 N–H and O–H groups in total. The van der Waals surface area contributed by atoms with E-state index in [4.69, 9.17) is 10.5 Å². The Kier molecular flexibility index (Phi) is 8.51. The normalized spacial score (nSPS) is 13.1. The van der Waals surface area contributed by atoms with Gasteiger partial charge in [-0.05, 0) is 31.4 Å². The van der Waals surface area contributed by atoms with E-state index in [0.29, 0.717) is 19.6 Å². The molecule has 0 aliphatic rings. The number of hydrogen-bond donors (Lipinski definition) is 1. The summed E-state index contributed by atoms with van der Waals surface area (Å²) >= 11 is 0. The fourth-order valence-corrected chi connectivity index (χ4v) is 2.67. The zero-order valence-electron chi connectivity index (χ0n) is 10.2. The summed E-state index contributed by atoms with van der Waals surface area (Å²) in [6.07, 6.45) is 4.11. The first-order valence-corrected chi connectivity index (χ1v) is 7.45. The van der Waals surface area contributed by atoms with Crippen molar-refractivity contribution < 1.29 is 13.2 Å². The van der Waals surface area contributed by atoms with Gasteiger partial charge >= 0.3 is 0 Å². The Bertz CT molecular complexity index is 296. The molecule has 4 nitrogen and oxygen atoms in total. The van der Waals surface area contributed by atoms with Gasteiger partial charge in [0.15, 0.2) is 9.84 Å². The average Bonchev–Trinajstić information content (AvgIpc) is 2.22. The zero-order valence-corrected chi connectivity index (χ0v) is 11.1. The molecule has 0 heterocycles. The van der Waals surface area contributed by atoms with Gasteiger partial charge in [0, 0.05) is 7.11 Å².